The molecule has 4 heteroatoms. The van der Waals surface area contributed by atoms with E-state index in [9.17, 15) is 14.7 Å². The first-order valence-electron chi connectivity index (χ1n) is 7.56. The second kappa shape index (κ2) is 5.51. The first-order chi connectivity index (χ1) is 9.02. The molecule has 0 spiro atoms. The molecule has 0 radical (unpaired) electrons. The van der Waals surface area contributed by atoms with E-state index >= 15 is 0 Å². The number of aliphatic carboxylic acids is 1. The molecule has 19 heavy (non-hydrogen) atoms. The zero-order valence-electron chi connectivity index (χ0n) is 12.0. The van der Waals surface area contributed by atoms with E-state index in [1.807, 2.05) is 6.92 Å². The maximum atomic E-state index is 12.9. The number of likely N-dealkylation sites (tertiary alicyclic amines) is 1. The predicted molar refractivity (Wildman–Crippen MR) is 72.7 cm³/mol. The van der Waals surface area contributed by atoms with Crippen LogP contribution < -0.4 is 0 Å². The van der Waals surface area contributed by atoms with Gasteiger partial charge in [-0.05, 0) is 38.0 Å². The quantitative estimate of drug-likeness (QED) is 0.855. The lowest BCUT2D eigenvalue weighted by Gasteiger charge is -2.42. The number of carboxylic acids is 1. The van der Waals surface area contributed by atoms with Crippen LogP contribution in [0.1, 0.15) is 58.8 Å². The number of carboxylic acid groups (broad SMARTS) is 1. The van der Waals surface area contributed by atoms with Crippen molar-refractivity contribution in [3.05, 3.63) is 0 Å². The maximum Gasteiger partial charge on any atom is 0.326 e. The lowest BCUT2D eigenvalue weighted by atomic mass is 9.79. The molecular weight excluding hydrogens is 242 g/mol. The van der Waals surface area contributed by atoms with Crippen molar-refractivity contribution >= 4 is 11.9 Å². The Bertz CT molecular complexity index is 360. The zero-order chi connectivity index (χ0) is 14.0. The highest BCUT2D eigenvalue weighted by Crippen LogP contribution is 2.43. The third-order valence-corrected chi connectivity index (χ3v) is 5.14. The van der Waals surface area contributed by atoms with Crippen molar-refractivity contribution in [2.45, 2.75) is 64.8 Å². The van der Waals surface area contributed by atoms with Gasteiger partial charge in [-0.1, -0.05) is 26.7 Å². The Hall–Kier alpha value is -1.06. The van der Waals surface area contributed by atoms with E-state index in [0.29, 0.717) is 6.54 Å². The van der Waals surface area contributed by atoms with Gasteiger partial charge in [0.15, 0.2) is 0 Å². The van der Waals surface area contributed by atoms with Gasteiger partial charge in [0.25, 0.3) is 0 Å². The minimum atomic E-state index is -0.843. The summed E-state index contributed by atoms with van der Waals surface area (Å²) in [6, 6.07) is -0.620. The van der Waals surface area contributed by atoms with Gasteiger partial charge < -0.3 is 10.0 Å². The molecular formula is C15H25NO3. The summed E-state index contributed by atoms with van der Waals surface area (Å²) in [7, 11) is 0. The van der Waals surface area contributed by atoms with Crippen molar-refractivity contribution in [1.29, 1.82) is 0 Å². The lowest BCUT2D eigenvalue weighted by molar-refractivity contribution is -0.160. The molecule has 0 aromatic carbocycles. The number of hydrogen-bond donors (Lipinski definition) is 1. The van der Waals surface area contributed by atoms with Crippen molar-refractivity contribution in [2.75, 3.05) is 6.54 Å². The van der Waals surface area contributed by atoms with Crippen LogP contribution >= 0.6 is 0 Å². The normalized spacial score (nSPS) is 30.3. The fourth-order valence-electron chi connectivity index (χ4n) is 3.87. The highest BCUT2D eigenvalue weighted by Gasteiger charge is 2.46. The summed E-state index contributed by atoms with van der Waals surface area (Å²) in [6.07, 6.45) is 6.72. The molecule has 1 heterocycles. The van der Waals surface area contributed by atoms with Gasteiger partial charge in [0.05, 0.1) is 0 Å². The molecule has 4 nitrogen and oxygen atoms in total. The average Bonchev–Trinajstić information content (AvgIpc) is 2.87. The molecule has 2 aliphatic rings. The summed E-state index contributed by atoms with van der Waals surface area (Å²) in [6.45, 7) is 4.62. The molecule has 1 amide bonds. The SMILES string of the molecule is CCC1(C(=O)N2CCCC(C)C2C(=O)O)CCCC1. The summed E-state index contributed by atoms with van der Waals surface area (Å²) in [5.41, 5.74) is -0.273. The predicted octanol–water partition coefficient (Wildman–Crippen LogP) is 2.67. The first-order valence-corrected chi connectivity index (χ1v) is 7.56. The van der Waals surface area contributed by atoms with Gasteiger partial charge in [-0.3, -0.25) is 4.79 Å². The second-order valence-electron chi connectivity index (χ2n) is 6.24. The van der Waals surface area contributed by atoms with Gasteiger partial charge in [0, 0.05) is 12.0 Å². The third-order valence-electron chi connectivity index (χ3n) is 5.14. The number of hydrogen-bond acceptors (Lipinski definition) is 2. The fraction of sp³-hybridized carbons (Fsp3) is 0.867. The molecule has 0 aromatic rings. The van der Waals surface area contributed by atoms with Crippen LogP contribution in [0.25, 0.3) is 0 Å². The van der Waals surface area contributed by atoms with Crippen LogP contribution in [0.5, 0.6) is 0 Å². The molecule has 2 unspecified atom stereocenters. The molecule has 0 bridgehead atoms. The Labute approximate surface area is 115 Å². The standard InChI is InChI=1S/C15H25NO3/c1-3-15(8-4-5-9-15)14(19)16-10-6-7-11(2)12(16)13(17)18/h11-12H,3-10H2,1-2H3,(H,17,18). The van der Waals surface area contributed by atoms with E-state index in [4.69, 9.17) is 0 Å². The lowest BCUT2D eigenvalue weighted by Crippen LogP contribution is -2.55. The van der Waals surface area contributed by atoms with Crippen LogP contribution in [0.2, 0.25) is 0 Å². The van der Waals surface area contributed by atoms with Crippen molar-refractivity contribution < 1.29 is 14.7 Å². The van der Waals surface area contributed by atoms with Gasteiger partial charge in [-0.2, -0.15) is 0 Å². The highest BCUT2D eigenvalue weighted by molar-refractivity contribution is 5.88. The number of rotatable bonds is 3. The fourth-order valence-corrected chi connectivity index (χ4v) is 3.87. The number of piperidine rings is 1. The molecule has 0 aromatic heterocycles. The van der Waals surface area contributed by atoms with Crippen LogP contribution in [0.4, 0.5) is 0 Å². The second-order valence-corrected chi connectivity index (χ2v) is 6.24. The maximum absolute atomic E-state index is 12.9. The van der Waals surface area contributed by atoms with Crippen LogP contribution in [0.15, 0.2) is 0 Å². The number of amides is 1. The number of nitrogens with zero attached hydrogens (tertiary/aromatic N) is 1. The Kier molecular flexibility index (Phi) is 4.16. The molecule has 2 fully saturated rings. The van der Waals surface area contributed by atoms with E-state index in [1.165, 1.54) is 0 Å². The summed E-state index contributed by atoms with van der Waals surface area (Å²) in [5, 5.41) is 9.43. The monoisotopic (exact) mass is 267 g/mol. The molecule has 108 valence electrons. The van der Waals surface area contributed by atoms with Crippen LogP contribution in [0, 0.1) is 11.3 Å². The van der Waals surface area contributed by atoms with Gasteiger partial charge in [-0.25, -0.2) is 4.79 Å². The Morgan fingerprint density at radius 2 is 1.89 bits per heavy atom. The minimum absolute atomic E-state index is 0.0607. The molecule has 1 N–H and O–H groups in total. The van der Waals surface area contributed by atoms with Crippen LogP contribution in [-0.2, 0) is 9.59 Å². The smallest absolute Gasteiger partial charge is 0.326 e. The van der Waals surface area contributed by atoms with E-state index in [1.54, 1.807) is 4.90 Å². The van der Waals surface area contributed by atoms with Crippen LogP contribution in [-0.4, -0.2) is 34.5 Å². The topological polar surface area (TPSA) is 57.6 Å². The molecule has 1 aliphatic heterocycles. The Balaban J connectivity index is 2.22. The first kappa shape index (κ1) is 14.4. The molecule has 1 saturated carbocycles. The van der Waals surface area contributed by atoms with Gasteiger partial charge >= 0.3 is 5.97 Å². The van der Waals surface area contributed by atoms with Crippen LogP contribution in [0.3, 0.4) is 0 Å². The molecule has 1 saturated heterocycles. The van der Waals surface area contributed by atoms with Crippen molar-refractivity contribution in [3.63, 3.8) is 0 Å². The van der Waals surface area contributed by atoms with Crippen molar-refractivity contribution in [2.24, 2.45) is 11.3 Å². The summed E-state index contributed by atoms with van der Waals surface area (Å²) in [4.78, 5) is 26.0. The van der Waals surface area contributed by atoms with E-state index in [-0.39, 0.29) is 17.2 Å². The summed E-state index contributed by atoms with van der Waals surface area (Å²) >= 11 is 0. The largest absolute Gasteiger partial charge is 0.480 e. The average molecular weight is 267 g/mol. The molecule has 2 atom stereocenters. The molecule has 1 aliphatic carbocycles. The van der Waals surface area contributed by atoms with Gasteiger partial charge in [-0.15, -0.1) is 0 Å². The Morgan fingerprint density at radius 1 is 1.26 bits per heavy atom. The van der Waals surface area contributed by atoms with E-state index < -0.39 is 12.0 Å². The summed E-state index contributed by atoms with van der Waals surface area (Å²) < 4.78 is 0. The third kappa shape index (κ3) is 2.49. The number of carbonyl (C=O) groups is 2. The molecule has 2 rings (SSSR count). The van der Waals surface area contributed by atoms with Crippen molar-refractivity contribution in [1.82, 2.24) is 4.90 Å². The number of carbonyl (C=O) groups excluding carboxylic acids is 1. The van der Waals surface area contributed by atoms with Gasteiger partial charge in [0.2, 0.25) is 5.91 Å². The zero-order valence-corrected chi connectivity index (χ0v) is 12.0. The van der Waals surface area contributed by atoms with Gasteiger partial charge in [0.1, 0.15) is 6.04 Å². The summed E-state index contributed by atoms with van der Waals surface area (Å²) in [5.74, 6) is -0.679. The van der Waals surface area contributed by atoms with E-state index in [0.717, 1.165) is 44.9 Å². The van der Waals surface area contributed by atoms with Crippen molar-refractivity contribution in [3.8, 4) is 0 Å². The highest BCUT2D eigenvalue weighted by atomic mass is 16.4. The Morgan fingerprint density at radius 3 is 2.42 bits per heavy atom. The minimum Gasteiger partial charge on any atom is -0.480 e. The van der Waals surface area contributed by atoms with E-state index in [2.05, 4.69) is 6.92 Å².